The second-order valence-electron chi connectivity index (χ2n) is 6.04. The molecule has 2 atom stereocenters. The van der Waals surface area contributed by atoms with E-state index >= 15 is 0 Å². The Hall–Kier alpha value is -1.56. The van der Waals surface area contributed by atoms with Gasteiger partial charge in [-0.3, -0.25) is 4.79 Å². The maximum absolute atomic E-state index is 13.1. The molecule has 0 aromatic heterocycles. The van der Waals surface area contributed by atoms with E-state index in [1.54, 1.807) is 12.1 Å². The van der Waals surface area contributed by atoms with Crippen molar-refractivity contribution < 1.29 is 9.18 Å². The van der Waals surface area contributed by atoms with Gasteiger partial charge in [0.1, 0.15) is 11.1 Å². The van der Waals surface area contributed by atoms with Gasteiger partial charge < -0.3 is 10.6 Å². The molecular formula is C19H22ClFN2OS. The molecule has 1 aliphatic heterocycles. The van der Waals surface area contributed by atoms with Crippen LogP contribution in [-0.4, -0.2) is 30.4 Å². The van der Waals surface area contributed by atoms with E-state index in [1.807, 2.05) is 35.2 Å². The van der Waals surface area contributed by atoms with Gasteiger partial charge in [-0.05, 0) is 48.7 Å². The summed E-state index contributed by atoms with van der Waals surface area (Å²) in [6.07, 6.45) is 0.963. The number of nitrogens with zero attached hydrogens (tertiary/aromatic N) is 1. The summed E-state index contributed by atoms with van der Waals surface area (Å²) >= 11 is 1.47. The second kappa shape index (κ2) is 9.22. The Balaban J connectivity index is 0.00000225. The zero-order valence-electron chi connectivity index (χ0n) is 13.8. The molecule has 3 rings (SSSR count). The summed E-state index contributed by atoms with van der Waals surface area (Å²) in [5.74, 6) is 0.222. The van der Waals surface area contributed by atoms with E-state index in [4.69, 9.17) is 5.73 Å². The first kappa shape index (κ1) is 19.8. The normalized spacial score (nSPS) is 17.8. The number of hydrogen-bond acceptors (Lipinski definition) is 3. The SMILES string of the molecule is Cl.NCC1CCN(C(=O)C(Sc2ccc(F)cc2)c2ccccc2)C1. The fraction of sp³-hybridized carbons (Fsp3) is 0.316. The van der Waals surface area contributed by atoms with Crippen LogP contribution in [0.3, 0.4) is 0 Å². The van der Waals surface area contributed by atoms with Crippen LogP contribution in [0.1, 0.15) is 17.2 Å². The Morgan fingerprint density at radius 2 is 1.88 bits per heavy atom. The molecule has 25 heavy (non-hydrogen) atoms. The van der Waals surface area contributed by atoms with Gasteiger partial charge in [-0.1, -0.05) is 30.3 Å². The third-order valence-corrected chi connectivity index (χ3v) is 5.58. The molecule has 2 aromatic carbocycles. The molecule has 6 heteroatoms. The standard InChI is InChI=1S/C19H21FN2OS.ClH/c20-16-6-8-17(9-7-16)24-18(15-4-2-1-3-5-15)19(23)22-11-10-14(12-21)13-22;/h1-9,14,18H,10-13,21H2;1H. The summed E-state index contributed by atoms with van der Waals surface area (Å²) in [5, 5.41) is -0.326. The van der Waals surface area contributed by atoms with Gasteiger partial charge in [0.25, 0.3) is 0 Å². The lowest BCUT2D eigenvalue weighted by Crippen LogP contribution is -2.33. The highest BCUT2D eigenvalue weighted by Crippen LogP contribution is 2.37. The zero-order chi connectivity index (χ0) is 16.9. The Morgan fingerprint density at radius 1 is 1.20 bits per heavy atom. The van der Waals surface area contributed by atoms with Gasteiger partial charge >= 0.3 is 0 Å². The third kappa shape index (κ3) is 4.97. The first-order chi connectivity index (χ1) is 11.7. The molecule has 2 aromatic rings. The van der Waals surface area contributed by atoms with Crippen LogP contribution in [0.5, 0.6) is 0 Å². The number of thioether (sulfide) groups is 1. The lowest BCUT2D eigenvalue weighted by Gasteiger charge is -2.23. The monoisotopic (exact) mass is 380 g/mol. The first-order valence-electron chi connectivity index (χ1n) is 8.13. The lowest BCUT2D eigenvalue weighted by atomic mass is 10.1. The molecule has 0 saturated carbocycles. The summed E-state index contributed by atoms with van der Waals surface area (Å²) < 4.78 is 13.1. The van der Waals surface area contributed by atoms with Crippen molar-refractivity contribution >= 4 is 30.1 Å². The largest absolute Gasteiger partial charge is 0.341 e. The van der Waals surface area contributed by atoms with Crippen LogP contribution < -0.4 is 5.73 Å². The number of likely N-dealkylation sites (tertiary alicyclic amines) is 1. The maximum Gasteiger partial charge on any atom is 0.240 e. The molecule has 3 nitrogen and oxygen atoms in total. The minimum Gasteiger partial charge on any atom is -0.341 e. The van der Waals surface area contributed by atoms with Crippen LogP contribution >= 0.6 is 24.2 Å². The van der Waals surface area contributed by atoms with Gasteiger partial charge in [-0.25, -0.2) is 4.39 Å². The molecule has 0 aliphatic carbocycles. The molecule has 1 aliphatic rings. The first-order valence-corrected chi connectivity index (χ1v) is 9.01. The highest BCUT2D eigenvalue weighted by atomic mass is 35.5. The molecule has 1 fully saturated rings. The van der Waals surface area contributed by atoms with Crippen LogP contribution in [0.25, 0.3) is 0 Å². The lowest BCUT2D eigenvalue weighted by molar-refractivity contribution is -0.129. The molecule has 0 bridgehead atoms. The zero-order valence-corrected chi connectivity index (χ0v) is 15.4. The predicted molar refractivity (Wildman–Crippen MR) is 102 cm³/mol. The molecule has 2 unspecified atom stereocenters. The van der Waals surface area contributed by atoms with Crippen molar-refractivity contribution in [1.29, 1.82) is 0 Å². The van der Waals surface area contributed by atoms with Crippen molar-refractivity contribution in [3.05, 3.63) is 66.0 Å². The Bertz CT molecular complexity index is 684. The second-order valence-corrected chi connectivity index (χ2v) is 7.22. The number of hydrogen-bond donors (Lipinski definition) is 1. The number of carbonyl (C=O) groups is 1. The van der Waals surface area contributed by atoms with E-state index in [9.17, 15) is 9.18 Å². The summed E-state index contributed by atoms with van der Waals surface area (Å²) in [7, 11) is 0. The highest BCUT2D eigenvalue weighted by molar-refractivity contribution is 8.00. The summed E-state index contributed by atoms with van der Waals surface area (Å²) in [4.78, 5) is 15.9. The van der Waals surface area contributed by atoms with Crippen molar-refractivity contribution in [3.63, 3.8) is 0 Å². The number of benzene rings is 2. The van der Waals surface area contributed by atoms with Gasteiger partial charge in [-0.2, -0.15) is 0 Å². The Morgan fingerprint density at radius 3 is 2.48 bits per heavy atom. The van der Waals surface area contributed by atoms with E-state index in [0.717, 1.165) is 30.0 Å². The molecule has 1 saturated heterocycles. The number of rotatable bonds is 5. The van der Waals surface area contributed by atoms with Crippen molar-refractivity contribution in [2.45, 2.75) is 16.6 Å². The minimum absolute atomic E-state index is 0. The van der Waals surface area contributed by atoms with E-state index in [-0.39, 0.29) is 29.4 Å². The molecule has 2 N–H and O–H groups in total. The average Bonchev–Trinajstić information content (AvgIpc) is 3.11. The smallest absolute Gasteiger partial charge is 0.240 e. The fourth-order valence-electron chi connectivity index (χ4n) is 2.93. The van der Waals surface area contributed by atoms with Crippen molar-refractivity contribution in [3.8, 4) is 0 Å². The topological polar surface area (TPSA) is 46.3 Å². The quantitative estimate of drug-likeness (QED) is 0.800. The minimum atomic E-state index is -0.326. The van der Waals surface area contributed by atoms with Gasteiger partial charge in [0.05, 0.1) is 0 Å². The van der Waals surface area contributed by atoms with Crippen molar-refractivity contribution in [2.24, 2.45) is 11.7 Å². The number of halogens is 2. The molecule has 0 radical (unpaired) electrons. The highest BCUT2D eigenvalue weighted by Gasteiger charge is 2.31. The van der Waals surface area contributed by atoms with E-state index < -0.39 is 0 Å². The van der Waals surface area contributed by atoms with Crippen LogP contribution in [0.4, 0.5) is 4.39 Å². The molecule has 134 valence electrons. The summed E-state index contributed by atoms with van der Waals surface area (Å²) in [6, 6.07) is 16.0. The van der Waals surface area contributed by atoms with Gasteiger partial charge in [0.15, 0.2) is 0 Å². The van der Waals surface area contributed by atoms with Crippen LogP contribution in [0.15, 0.2) is 59.5 Å². The van der Waals surface area contributed by atoms with Crippen molar-refractivity contribution in [1.82, 2.24) is 4.90 Å². The van der Waals surface area contributed by atoms with E-state index in [2.05, 4.69) is 0 Å². The number of carbonyl (C=O) groups excluding carboxylic acids is 1. The number of amides is 1. The van der Waals surface area contributed by atoms with Crippen LogP contribution in [0, 0.1) is 11.7 Å². The summed E-state index contributed by atoms with van der Waals surface area (Å²) in [5.41, 5.74) is 6.71. The van der Waals surface area contributed by atoms with E-state index in [0.29, 0.717) is 12.5 Å². The average molecular weight is 381 g/mol. The fourth-order valence-corrected chi connectivity index (χ4v) is 4.04. The van der Waals surface area contributed by atoms with Crippen LogP contribution in [0.2, 0.25) is 0 Å². The van der Waals surface area contributed by atoms with Gasteiger partial charge in [-0.15, -0.1) is 24.2 Å². The maximum atomic E-state index is 13.1. The van der Waals surface area contributed by atoms with E-state index in [1.165, 1.54) is 23.9 Å². The Labute approximate surface area is 158 Å². The van der Waals surface area contributed by atoms with Crippen molar-refractivity contribution in [2.75, 3.05) is 19.6 Å². The summed E-state index contributed by atoms with van der Waals surface area (Å²) in [6.45, 7) is 2.10. The Kier molecular flexibility index (Phi) is 7.29. The molecular weight excluding hydrogens is 359 g/mol. The van der Waals surface area contributed by atoms with Gasteiger partial charge in [0.2, 0.25) is 5.91 Å². The third-order valence-electron chi connectivity index (χ3n) is 4.33. The van der Waals surface area contributed by atoms with Gasteiger partial charge in [0, 0.05) is 18.0 Å². The predicted octanol–water partition coefficient (Wildman–Crippen LogP) is 3.89. The molecule has 1 heterocycles. The molecule has 0 spiro atoms. The number of nitrogens with two attached hydrogens (primary N) is 1. The molecule has 1 amide bonds. The van der Waals surface area contributed by atoms with Crippen LogP contribution in [-0.2, 0) is 4.79 Å².